The average Bonchev–Trinajstić information content (AvgIpc) is 2.84. The molecule has 0 saturated carbocycles. The monoisotopic (exact) mass is 323 g/mol. The molecule has 21 heavy (non-hydrogen) atoms. The summed E-state index contributed by atoms with van der Waals surface area (Å²) < 4.78 is 0. The Morgan fingerprint density at radius 1 is 1.24 bits per heavy atom. The summed E-state index contributed by atoms with van der Waals surface area (Å²) in [5.74, 6) is 1.65. The zero-order valence-corrected chi connectivity index (χ0v) is 13.7. The van der Waals surface area contributed by atoms with Crippen LogP contribution in [0, 0.1) is 13.8 Å². The van der Waals surface area contributed by atoms with Crippen molar-refractivity contribution in [2.45, 2.75) is 32.7 Å². The van der Waals surface area contributed by atoms with Crippen LogP contribution in [0.5, 0.6) is 0 Å². The number of nitrogens with zero attached hydrogens (tertiary/aromatic N) is 4. The Balaban J connectivity index is 1.59. The van der Waals surface area contributed by atoms with Gasteiger partial charge in [-0.25, -0.2) is 15.0 Å². The first-order valence-corrected chi connectivity index (χ1v) is 8.31. The van der Waals surface area contributed by atoms with Gasteiger partial charge in [-0.2, -0.15) is 0 Å². The Morgan fingerprint density at radius 2 is 2.00 bits per heavy atom. The van der Waals surface area contributed by atoms with Gasteiger partial charge in [-0.15, -0.1) is 11.3 Å². The fraction of sp³-hybridized carbons (Fsp3) is 0.500. The maximum atomic E-state index is 6.01. The van der Waals surface area contributed by atoms with E-state index in [4.69, 9.17) is 11.6 Å². The molecule has 3 heterocycles. The van der Waals surface area contributed by atoms with Crippen molar-refractivity contribution in [1.82, 2.24) is 15.0 Å². The number of anilines is 2. The highest BCUT2D eigenvalue weighted by molar-refractivity contribution is 7.13. The molecule has 1 saturated heterocycles. The lowest BCUT2D eigenvalue weighted by Crippen LogP contribution is -2.39. The van der Waals surface area contributed by atoms with E-state index in [1.165, 1.54) is 0 Å². The Labute approximate surface area is 133 Å². The van der Waals surface area contributed by atoms with Crippen LogP contribution < -0.4 is 10.2 Å². The summed E-state index contributed by atoms with van der Waals surface area (Å²) in [6, 6.07) is 2.32. The molecule has 3 rings (SSSR count). The lowest BCUT2D eigenvalue weighted by molar-refractivity contribution is 0.523. The van der Waals surface area contributed by atoms with Crippen molar-refractivity contribution in [2.75, 3.05) is 23.3 Å². The summed E-state index contributed by atoms with van der Waals surface area (Å²) >= 11 is 7.68. The molecule has 1 N–H and O–H groups in total. The summed E-state index contributed by atoms with van der Waals surface area (Å²) in [6.07, 6.45) is 2.14. The van der Waals surface area contributed by atoms with Gasteiger partial charge in [-0.3, -0.25) is 0 Å². The molecule has 0 radical (unpaired) electrons. The smallest absolute Gasteiger partial charge is 0.183 e. The average molecular weight is 324 g/mol. The molecule has 0 amide bonds. The molecule has 0 aliphatic carbocycles. The molecule has 0 atom stereocenters. The number of hydrogen-bond donors (Lipinski definition) is 1. The van der Waals surface area contributed by atoms with Gasteiger partial charge in [-0.05, 0) is 26.7 Å². The fourth-order valence-corrected chi connectivity index (χ4v) is 3.51. The van der Waals surface area contributed by atoms with Gasteiger partial charge >= 0.3 is 0 Å². The van der Waals surface area contributed by atoms with Crippen LogP contribution in [-0.4, -0.2) is 34.1 Å². The first-order valence-electron chi connectivity index (χ1n) is 7.05. The maximum Gasteiger partial charge on any atom is 0.183 e. The second-order valence-electron chi connectivity index (χ2n) is 5.30. The molecule has 1 aliphatic rings. The molecule has 2 aromatic heterocycles. The van der Waals surface area contributed by atoms with Gasteiger partial charge in [0.1, 0.15) is 16.8 Å². The number of aryl methyl sites for hydroxylation is 2. The fourth-order valence-electron chi connectivity index (χ4n) is 2.53. The Kier molecular flexibility index (Phi) is 4.26. The Hall–Kier alpha value is -1.40. The van der Waals surface area contributed by atoms with Crippen LogP contribution in [0.3, 0.4) is 0 Å². The topological polar surface area (TPSA) is 53.9 Å². The van der Waals surface area contributed by atoms with Crippen molar-refractivity contribution >= 4 is 33.9 Å². The summed E-state index contributed by atoms with van der Waals surface area (Å²) in [5, 5.41) is 7.12. The number of rotatable bonds is 3. The van der Waals surface area contributed by atoms with Crippen molar-refractivity contribution in [2.24, 2.45) is 0 Å². The summed E-state index contributed by atoms with van der Waals surface area (Å²) in [5.41, 5.74) is 1.08. The van der Waals surface area contributed by atoms with Crippen LogP contribution in [0.4, 0.5) is 10.9 Å². The number of thiazole rings is 1. The van der Waals surface area contributed by atoms with E-state index in [1.54, 1.807) is 11.3 Å². The summed E-state index contributed by atoms with van der Waals surface area (Å²) in [6.45, 7) is 5.82. The third-order valence-corrected chi connectivity index (χ3v) is 4.64. The summed E-state index contributed by atoms with van der Waals surface area (Å²) in [4.78, 5) is 15.3. The van der Waals surface area contributed by atoms with E-state index in [0.717, 1.165) is 48.4 Å². The molecule has 5 nitrogen and oxygen atoms in total. The number of nitrogens with one attached hydrogen (secondary N) is 1. The molecule has 0 unspecified atom stereocenters. The van der Waals surface area contributed by atoms with E-state index in [1.807, 2.05) is 19.9 Å². The molecule has 1 aliphatic heterocycles. The van der Waals surface area contributed by atoms with Crippen LogP contribution >= 0.6 is 22.9 Å². The highest BCUT2D eigenvalue weighted by atomic mass is 35.5. The third-order valence-electron chi connectivity index (χ3n) is 3.56. The molecule has 2 aromatic rings. The van der Waals surface area contributed by atoms with E-state index < -0.39 is 0 Å². The lowest BCUT2D eigenvalue weighted by atomic mass is 10.1. The van der Waals surface area contributed by atoms with E-state index in [0.29, 0.717) is 11.2 Å². The standard InChI is InChI=1S/C14H18ClN5S/c1-9-8-21-14(16-9)19-11-3-5-20(6-4-11)13-7-12(15)17-10(2)18-13/h7-8,11H,3-6H2,1-2H3,(H,16,19). The van der Waals surface area contributed by atoms with Crippen LogP contribution in [0.1, 0.15) is 24.4 Å². The van der Waals surface area contributed by atoms with Gasteiger partial charge in [0.25, 0.3) is 0 Å². The predicted molar refractivity (Wildman–Crippen MR) is 87.5 cm³/mol. The van der Waals surface area contributed by atoms with E-state index in [-0.39, 0.29) is 0 Å². The van der Waals surface area contributed by atoms with Crippen LogP contribution in [-0.2, 0) is 0 Å². The molecule has 112 valence electrons. The second-order valence-corrected chi connectivity index (χ2v) is 6.54. The van der Waals surface area contributed by atoms with Crippen molar-refractivity contribution in [3.63, 3.8) is 0 Å². The van der Waals surface area contributed by atoms with Crippen LogP contribution in [0.25, 0.3) is 0 Å². The van der Waals surface area contributed by atoms with Gasteiger partial charge < -0.3 is 10.2 Å². The van der Waals surface area contributed by atoms with Crippen molar-refractivity contribution < 1.29 is 0 Å². The zero-order chi connectivity index (χ0) is 14.8. The highest BCUT2D eigenvalue weighted by Gasteiger charge is 2.21. The molecule has 0 bridgehead atoms. The minimum atomic E-state index is 0.477. The molecule has 1 fully saturated rings. The highest BCUT2D eigenvalue weighted by Crippen LogP contribution is 2.23. The van der Waals surface area contributed by atoms with E-state index in [9.17, 15) is 0 Å². The minimum Gasteiger partial charge on any atom is -0.359 e. The largest absolute Gasteiger partial charge is 0.359 e. The number of piperidine rings is 1. The molecular weight excluding hydrogens is 306 g/mol. The SMILES string of the molecule is Cc1csc(NC2CCN(c3cc(Cl)nc(C)n3)CC2)n1. The molecule has 7 heteroatoms. The summed E-state index contributed by atoms with van der Waals surface area (Å²) in [7, 11) is 0. The molecular formula is C14H18ClN5S. The van der Waals surface area contributed by atoms with Crippen molar-refractivity contribution in [1.29, 1.82) is 0 Å². The molecule has 0 spiro atoms. The zero-order valence-electron chi connectivity index (χ0n) is 12.1. The van der Waals surface area contributed by atoms with Crippen molar-refractivity contribution in [3.05, 3.63) is 28.1 Å². The van der Waals surface area contributed by atoms with Gasteiger partial charge in [0, 0.05) is 30.6 Å². The van der Waals surface area contributed by atoms with E-state index in [2.05, 4.69) is 30.5 Å². The van der Waals surface area contributed by atoms with Crippen LogP contribution in [0.2, 0.25) is 5.15 Å². The lowest BCUT2D eigenvalue weighted by Gasteiger charge is -2.33. The van der Waals surface area contributed by atoms with Gasteiger partial charge in [0.15, 0.2) is 5.13 Å². The second kappa shape index (κ2) is 6.15. The Bertz CT molecular complexity index is 601. The molecule has 0 aromatic carbocycles. The number of hydrogen-bond acceptors (Lipinski definition) is 6. The van der Waals surface area contributed by atoms with Gasteiger partial charge in [-0.1, -0.05) is 11.6 Å². The van der Waals surface area contributed by atoms with Gasteiger partial charge in [0.2, 0.25) is 0 Å². The number of halogens is 1. The number of aromatic nitrogens is 3. The quantitative estimate of drug-likeness (QED) is 0.878. The minimum absolute atomic E-state index is 0.477. The van der Waals surface area contributed by atoms with E-state index >= 15 is 0 Å². The first kappa shape index (κ1) is 14.5. The first-order chi connectivity index (χ1) is 10.1. The predicted octanol–water partition coefficient (Wildman–Crippen LogP) is 3.28. The van der Waals surface area contributed by atoms with Crippen LogP contribution in [0.15, 0.2) is 11.4 Å². The third kappa shape index (κ3) is 3.63. The normalized spacial score (nSPS) is 16.2. The Morgan fingerprint density at radius 3 is 2.62 bits per heavy atom. The maximum absolute atomic E-state index is 6.01. The van der Waals surface area contributed by atoms with Crippen molar-refractivity contribution in [3.8, 4) is 0 Å². The van der Waals surface area contributed by atoms with Gasteiger partial charge in [0.05, 0.1) is 5.69 Å².